The van der Waals surface area contributed by atoms with Crippen molar-refractivity contribution in [3.05, 3.63) is 35.0 Å². The van der Waals surface area contributed by atoms with Crippen molar-refractivity contribution >= 4 is 17.4 Å². The molecule has 106 valence electrons. The molecule has 1 saturated carbocycles. The van der Waals surface area contributed by atoms with E-state index >= 15 is 0 Å². The first-order valence-corrected chi connectivity index (χ1v) is 8.06. The Kier molecular flexibility index (Phi) is 4.01. The molecule has 1 aliphatic rings. The predicted octanol–water partition coefficient (Wildman–Crippen LogP) is 4.65. The molecule has 4 heteroatoms. The normalized spacial score (nSPS) is 16.4. The maximum atomic E-state index is 13.6. The Hall–Kier alpha value is -1.42. The maximum absolute atomic E-state index is 13.6. The molecule has 0 atom stereocenters. The monoisotopic (exact) mass is 290 g/mol. The third-order valence-electron chi connectivity index (χ3n) is 4.19. The van der Waals surface area contributed by atoms with Gasteiger partial charge in [-0.05, 0) is 47.1 Å². The molecule has 3 rings (SSSR count). The second kappa shape index (κ2) is 5.92. The van der Waals surface area contributed by atoms with Gasteiger partial charge in [-0.15, -0.1) is 0 Å². The van der Waals surface area contributed by atoms with Crippen LogP contribution in [-0.4, -0.2) is 4.37 Å². The van der Waals surface area contributed by atoms with E-state index in [1.165, 1.54) is 49.7 Å². The van der Waals surface area contributed by atoms with Crippen molar-refractivity contribution in [3.63, 3.8) is 0 Å². The molecule has 1 aromatic heterocycles. The number of aromatic nitrogens is 1. The number of hydrogen-bond acceptors (Lipinski definition) is 3. The Balaban J connectivity index is 1.92. The molecule has 2 nitrogen and oxygen atoms in total. The van der Waals surface area contributed by atoms with Gasteiger partial charge in [0.05, 0.1) is 0 Å². The van der Waals surface area contributed by atoms with Crippen LogP contribution < -0.4 is 5.73 Å². The fraction of sp³-hybridized carbons (Fsp3) is 0.438. The summed E-state index contributed by atoms with van der Waals surface area (Å²) in [6.07, 6.45) is 7.41. The van der Waals surface area contributed by atoms with Gasteiger partial charge in [-0.25, -0.2) is 4.39 Å². The van der Waals surface area contributed by atoms with Crippen molar-refractivity contribution in [1.82, 2.24) is 4.37 Å². The summed E-state index contributed by atoms with van der Waals surface area (Å²) in [5, 5.41) is 1.95. The molecular weight excluding hydrogens is 271 g/mol. The van der Waals surface area contributed by atoms with E-state index in [1.54, 1.807) is 6.07 Å². The molecule has 1 fully saturated rings. The topological polar surface area (TPSA) is 38.9 Å². The van der Waals surface area contributed by atoms with Crippen LogP contribution in [0.3, 0.4) is 0 Å². The van der Waals surface area contributed by atoms with Gasteiger partial charge in [0, 0.05) is 10.9 Å². The number of hydrogen-bond donors (Lipinski definition) is 1. The van der Waals surface area contributed by atoms with Gasteiger partial charge in [0.1, 0.15) is 11.6 Å². The molecule has 1 heterocycles. The summed E-state index contributed by atoms with van der Waals surface area (Å²) < 4.78 is 17.7. The van der Waals surface area contributed by atoms with Crippen LogP contribution >= 0.6 is 11.5 Å². The molecule has 0 radical (unpaired) electrons. The Morgan fingerprint density at radius 1 is 1.20 bits per heavy atom. The maximum Gasteiger partial charge on any atom is 0.144 e. The van der Waals surface area contributed by atoms with Crippen LogP contribution in [0.2, 0.25) is 0 Å². The first kappa shape index (κ1) is 13.6. The smallest absolute Gasteiger partial charge is 0.144 e. The van der Waals surface area contributed by atoms with Crippen LogP contribution in [0.4, 0.5) is 10.2 Å². The van der Waals surface area contributed by atoms with Crippen LogP contribution in [-0.2, 0) is 6.42 Å². The molecule has 0 unspecified atom stereocenters. The van der Waals surface area contributed by atoms with Gasteiger partial charge in [0.25, 0.3) is 0 Å². The predicted molar refractivity (Wildman–Crippen MR) is 82.2 cm³/mol. The SMILES string of the molecule is Nc1nscc1-c1ccc(F)cc1CC1CCCCC1. The minimum Gasteiger partial charge on any atom is -0.382 e. The summed E-state index contributed by atoms with van der Waals surface area (Å²) in [4.78, 5) is 0. The van der Waals surface area contributed by atoms with Crippen LogP contribution in [0.5, 0.6) is 0 Å². The van der Waals surface area contributed by atoms with Crippen molar-refractivity contribution in [2.75, 3.05) is 5.73 Å². The van der Waals surface area contributed by atoms with Gasteiger partial charge in [-0.1, -0.05) is 38.2 Å². The molecule has 20 heavy (non-hydrogen) atoms. The van der Waals surface area contributed by atoms with Gasteiger partial charge in [0.2, 0.25) is 0 Å². The third kappa shape index (κ3) is 2.85. The number of nitrogens with two attached hydrogens (primary N) is 1. The zero-order valence-electron chi connectivity index (χ0n) is 11.4. The second-order valence-corrected chi connectivity index (χ2v) is 6.25. The number of nitrogens with zero attached hydrogens (tertiary/aromatic N) is 1. The lowest BCUT2D eigenvalue weighted by atomic mass is 9.83. The average Bonchev–Trinajstić information content (AvgIpc) is 2.86. The Morgan fingerprint density at radius 2 is 2.00 bits per heavy atom. The van der Waals surface area contributed by atoms with Gasteiger partial charge < -0.3 is 5.73 Å². The molecule has 1 aromatic carbocycles. The van der Waals surface area contributed by atoms with Crippen LogP contribution in [0, 0.1) is 11.7 Å². The van der Waals surface area contributed by atoms with Crippen molar-refractivity contribution in [2.45, 2.75) is 38.5 Å². The van der Waals surface area contributed by atoms with Gasteiger partial charge in [0.15, 0.2) is 0 Å². The summed E-state index contributed by atoms with van der Waals surface area (Å²) >= 11 is 1.35. The second-order valence-electron chi connectivity index (χ2n) is 5.62. The van der Waals surface area contributed by atoms with Gasteiger partial charge in [-0.2, -0.15) is 4.37 Å². The van der Waals surface area contributed by atoms with E-state index in [1.807, 2.05) is 11.4 Å². The Labute approximate surface area is 123 Å². The minimum absolute atomic E-state index is 0.165. The highest BCUT2D eigenvalue weighted by molar-refractivity contribution is 7.04. The Morgan fingerprint density at radius 3 is 2.70 bits per heavy atom. The van der Waals surface area contributed by atoms with E-state index in [9.17, 15) is 4.39 Å². The summed E-state index contributed by atoms with van der Waals surface area (Å²) in [5.41, 5.74) is 8.98. The molecule has 0 spiro atoms. The minimum atomic E-state index is -0.165. The van der Waals surface area contributed by atoms with E-state index < -0.39 is 0 Å². The fourth-order valence-electron chi connectivity index (χ4n) is 3.14. The molecule has 0 bridgehead atoms. The highest BCUT2D eigenvalue weighted by Gasteiger charge is 2.18. The number of nitrogen functional groups attached to an aromatic ring is 1. The van der Waals surface area contributed by atoms with Gasteiger partial charge >= 0.3 is 0 Å². The first-order valence-electron chi connectivity index (χ1n) is 7.22. The standard InChI is InChI=1S/C16H19FN2S/c17-13-6-7-14(15-10-20-19-16(15)18)12(9-13)8-11-4-2-1-3-5-11/h6-7,9-11H,1-5,8H2,(H2,18,19). The third-order valence-corrected chi connectivity index (χ3v) is 4.83. The van der Waals surface area contributed by atoms with Gasteiger partial charge in [-0.3, -0.25) is 0 Å². The quantitative estimate of drug-likeness (QED) is 0.893. The number of benzene rings is 1. The zero-order chi connectivity index (χ0) is 13.9. The van der Waals surface area contributed by atoms with Crippen molar-refractivity contribution in [1.29, 1.82) is 0 Å². The fourth-order valence-corrected chi connectivity index (χ4v) is 3.76. The average molecular weight is 290 g/mol. The molecule has 2 aromatic rings. The van der Waals surface area contributed by atoms with E-state index in [-0.39, 0.29) is 5.82 Å². The lowest BCUT2D eigenvalue weighted by Crippen LogP contribution is -2.10. The zero-order valence-corrected chi connectivity index (χ0v) is 12.3. The van der Waals surface area contributed by atoms with E-state index in [2.05, 4.69) is 4.37 Å². The summed E-state index contributed by atoms with van der Waals surface area (Å²) in [5.74, 6) is 1.06. The molecule has 0 amide bonds. The van der Waals surface area contributed by atoms with Crippen LogP contribution in [0.25, 0.3) is 11.1 Å². The lowest BCUT2D eigenvalue weighted by Gasteiger charge is -2.22. The van der Waals surface area contributed by atoms with Crippen LogP contribution in [0.15, 0.2) is 23.6 Å². The first-order chi connectivity index (χ1) is 9.74. The summed E-state index contributed by atoms with van der Waals surface area (Å²) in [7, 11) is 0. The summed E-state index contributed by atoms with van der Waals surface area (Å²) in [6, 6.07) is 5.02. The molecule has 2 N–H and O–H groups in total. The van der Waals surface area contributed by atoms with Crippen molar-refractivity contribution in [3.8, 4) is 11.1 Å². The van der Waals surface area contributed by atoms with Crippen LogP contribution in [0.1, 0.15) is 37.7 Å². The molecule has 0 saturated heterocycles. The number of anilines is 1. The van der Waals surface area contributed by atoms with E-state index in [4.69, 9.17) is 5.73 Å². The largest absolute Gasteiger partial charge is 0.382 e. The number of rotatable bonds is 3. The molecular formula is C16H19FN2S. The van der Waals surface area contributed by atoms with E-state index in [0.29, 0.717) is 11.7 Å². The highest BCUT2D eigenvalue weighted by Crippen LogP contribution is 2.34. The summed E-state index contributed by atoms with van der Waals surface area (Å²) in [6.45, 7) is 0. The number of halogens is 1. The molecule has 0 aliphatic heterocycles. The molecule has 1 aliphatic carbocycles. The van der Waals surface area contributed by atoms with E-state index in [0.717, 1.165) is 23.1 Å². The van der Waals surface area contributed by atoms with Crippen molar-refractivity contribution < 1.29 is 4.39 Å². The highest BCUT2D eigenvalue weighted by atomic mass is 32.1. The lowest BCUT2D eigenvalue weighted by molar-refractivity contribution is 0.356. The Bertz CT molecular complexity index is 588. The van der Waals surface area contributed by atoms with Crippen molar-refractivity contribution in [2.24, 2.45) is 5.92 Å².